The van der Waals surface area contributed by atoms with Crippen LogP contribution in [-0.2, 0) is 0 Å². The molecule has 1 fully saturated rings. The predicted octanol–water partition coefficient (Wildman–Crippen LogP) is 8.90. The maximum absolute atomic E-state index is 13.5. The SMILES string of the molecule is CC.O=C(CCC1NC(=O)N(c2ccc(-c3ccccc3)cc2)C1c1ccc(-c2cccc(O)c2)cc1O)c1ccc(F)cc1. The van der Waals surface area contributed by atoms with Crippen molar-refractivity contribution in [1.82, 2.24) is 5.32 Å². The summed E-state index contributed by atoms with van der Waals surface area (Å²) < 4.78 is 13.4. The first-order valence-corrected chi connectivity index (χ1v) is 15.0. The number of urea groups is 1. The van der Waals surface area contributed by atoms with E-state index in [-0.39, 0.29) is 29.7 Å². The molecule has 1 heterocycles. The average Bonchev–Trinajstić information content (AvgIpc) is 3.40. The maximum Gasteiger partial charge on any atom is 0.322 e. The zero-order valence-corrected chi connectivity index (χ0v) is 25.2. The summed E-state index contributed by atoms with van der Waals surface area (Å²) in [5.41, 5.74) is 5.05. The fraction of sp³-hybridized carbons (Fsp3) is 0.158. The molecule has 1 saturated heterocycles. The number of carbonyl (C=O) groups is 2. The first-order valence-electron chi connectivity index (χ1n) is 15.0. The maximum atomic E-state index is 13.5. The van der Waals surface area contributed by atoms with Gasteiger partial charge in [-0.3, -0.25) is 9.69 Å². The van der Waals surface area contributed by atoms with E-state index in [4.69, 9.17) is 0 Å². The highest BCUT2D eigenvalue weighted by Gasteiger charge is 2.42. The molecule has 6 rings (SSSR count). The minimum Gasteiger partial charge on any atom is -0.508 e. The summed E-state index contributed by atoms with van der Waals surface area (Å²) in [6.45, 7) is 4.00. The number of amides is 2. The van der Waals surface area contributed by atoms with Gasteiger partial charge >= 0.3 is 6.03 Å². The van der Waals surface area contributed by atoms with Crippen LogP contribution < -0.4 is 10.2 Å². The fourth-order valence-corrected chi connectivity index (χ4v) is 5.65. The molecule has 228 valence electrons. The van der Waals surface area contributed by atoms with E-state index in [1.165, 1.54) is 24.3 Å². The van der Waals surface area contributed by atoms with E-state index in [0.717, 1.165) is 16.7 Å². The van der Waals surface area contributed by atoms with Crippen LogP contribution in [-0.4, -0.2) is 28.1 Å². The van der Waals surface area contributed by atoms with Gasteiger partial charge in [-0.05, 0) is 83.3 Å². The molecule has 2 atom stereocenters. The number of phenols is 2. The molecule has 6 nitrogen and oxygen atoms in total. The van der Waals surface area contributed by atoms with Crippen LogP contribution in [0.1, 0.15) is 48.7 Å². The number of nitrogens with zero attached hydrogens (tertiary/aromatic N) is 1. The van der Waals surface area contributed by atoms with Gasteiger partial charge in [0.1, 0.15) is 17.3 Å². The van der Waals surface area contributed by atoms with E-state index >= 15 is 0 Å². The van der Waals surface area contributed by atoms with Crippen LogP contribution in [0, 0.1) is 5.82 Å². The van der Waals surface area contributed by atoms with Crippen molar-refractivity contribution in [1.29, 1.82) is 0 Å². The van der Waals surface area contributed by atoms with Crippen molar-refractivity contribution in [2.45, 2.75) is 38.8 Å². The lowest BCUT2D eigenvalue weighted by Crippen LogP contribution is -2.29. The molecule has 2 amide bonds. The molecule has 45 heavy (non-hydrogen) atoms. The van der Waals surface area contributed by atoms with E-state index in [1.807, 2.05) is 80.6 Å². The Labute approximate surface area is 262 Å². The van der Waals surface area contributed by atoms with Crippen molar-refractivity contribution in [3.05, 3.63) is 138 Å². The predicted molar refractivity (Wildman–Crippen MR) is 176 cm³/mol. The van der Waals surface area contributed by atoms with Gasteiger partial charge in [-0.15, -0.1) is 0 Å². The van der Waals surface area contributed by atoms with E-state index in [2.05, 4.69) is 5.32 Å². The lowest BCUT2D eigenvalue weighted by molar-refractivity contribution is 0.0976. The lowest BCUT2D eigenvalue weighted by Gasteiger charge is -2.28. The second kappa shape index (κ2) is 13.9. The molecule has 0 spiro atoms. The quantitative estimate of drug-likeness (QED) is 0.155. The molecule has 7 heteroatoms. The molecule has 0 bridgehead atoms. The van der Waals surface area contributed by atoms with Crippen LogP contribution >= 0.6 is 0 Å². The highest BCUT2D eigenvalue weighted by Crippen LogP contribution is 2.41. The Morgan fingerprint density at radius 1 is 0.756 bits per heavy atom. The minimum absolute atomic E-state index is 0.0110. The van der Waals surface area contributed by atoms with E-state index < -0.39 is 17.9 Å². The van der Waals surface area contributed by atoms with Gasteiger partial charge in [0.25, 0.3) is 0 Å². The van der Waals surface area contributed by atoms with Gasteiger partial charge in [-0.2, -0.15) is 0 Å². The molecule has 1 aliphatic heterocycles. The number of hydrogen-bond acceptors (Lipinski definition) is 4. The summed E-state index contributed by atoms with van der Waals surface area (Å²) in [6.07, 6.45) is 0.426. The van der Waals surface area contributed by atoms with Crippen molar-refractivity contribution in [2.24, 2.45) is 0 Å². The van der Waals surface area contributed by atoms with Gasteiger partial charge in [0.2, 0.25) is 0 Å². The second-order valence-electron chi connectivity index (χ2n) is 10.6. The summed E-state index contributed by atoms with van der Waals surface area (Å²) in [5.74, 6) is -0.480. The number of nitrogens with one attached hydrogen (secondary N) is 1. The van der Waals surface area contributed by atoms with Gasteiger partial charge in [-0.25, -0.2) is 9.18 Å². The van der Waals surface area contributed by atoms with Gasteiger partial charge < -0.3 is 15.5 Å². The Bertz CT molecular complexity index is 1770. The number of anilines is 1. The smallest absolute Gasteiger partial charge is 0.322 e. The Morgan fingerprint density at radius 2 is 1.38 bits per heavy atom. The lowest BCUT2D eigenvalue weighted by atomic mass is 9.91. The number of carbonyl (C=O) groups excluding carboxylic acids is 2. The zero-order valence-electron chi connectivity index (χ0n) is 25.2. The monoisotopic (exact) mass is 602 g/mol. The van der Waals surface area contributed by atoms with Crippen LogP contribution in [0.3, 0.4) is 0 Å². The average molecular weight is 603 g/mol. The normalized spacial score (nSPS) is 15.6. The second-order valence-corrected chi connectivity index (χ2v) is 10.6. The number of halogens is 1. The van der Waals surface area contributed by atoms with Gasteiger partial charge in [0.05, 0.1) is 12.1 Å². The minimum atomic E-state index is -0.616. The van der Waals surface area contributed by atoms with E-state index in [0.29, 0.717) is 28.8 Å². The number of Topliss-reactive ketones (excluding diaryl/α,β-unsaturated/α-hetero) is 1. The van der Waals surface area contributed by atoms with Crippen molar-refractivity contribution < 1.29 is 24.2 Å². The zero-order chi connectivity index (χ0) is 31.9. The van der Waals surface area contributed by atoms with Gasteiger partial charge in [0, 0.05) is 23.2 Å². The van der Waals surface area contributed by atoms with Crippen LogP contribution in [0.25, 0.3) is 22.3 Å². The number of rotatable bonds is 8. The number of hydrogen-bond donors (Lipinski definition) is 3. The summed E-state index contributed by atoms with van der Waals surface area (Å²) in [5, 5.41) is 24.2. The summed E-state index contributed by atoms with van der Waals surface area (Å²) in [6, 6.07) is 33.5. The van der Waals surface area contributed by atoms with Gasteiger partial charge in [0.15, 0.2) is 5.78 Å². The highest BCUT2D eigenvalue weighted by atomic mass is 19.1. The van der Waals surface area contributed by atoms with Crippen molar-refractivity contribution in [2.75, 3.05) is 4.90 Å². The standard InChI is InChI=1S/C36H29FN2O4.C2H6/c37-28-14-9-25(10-15-28)33(41)20-19-32-35(31-18-13-27(22-34(31)42)26-7-4-8-30(40)21-26)39(36(43)38-32)29-16-11-24(12-17-29)23-5-2-1-3-6-23;1-2/h1-18,21-22,32,35,40,42H,19-20H2,(H,38,43);1-2H3. The summed E-state index contributed by atoms with van der Waals surface area (Å²) >= 11 is 0. The first-order chi connectivity index (χ1) is 21.9. The number of benzene rings is 5. The largest absolute Gasteiger partial charge is 0.508 e. The molecule has 3 N–H and O–H groups in total. The van der Waals surface area contributed by atoms with Crippen molar-refractivity contribution in [3.63, 3.8) is 0 Å². The Morgan fingerprint density at radius 3 is 2.04 bits per heavy atom. The Kier molecular flexibility index (Phi) is 9.58. The van der Waals surface area contributed by atoms with Gasteiger partial charge in [-0.1, -0.05) is 80.6 Å². The molecular formula is C38H35FN2O4. The third-order valence-electron chi connectivity index (χ3n) is 7.82. The topological polar surface area (TPSA) is 89.9 Å². The summed E-state index contributed by atoms with van der Waals surface area (Å²) in [4.78, 5) is 28.0. The molecular weight excluding hydrogens is 567 g/mol. The van der Waals surface area contributed by atoms with E-state index in [1.54, 1.807) is 35.2 Å². The molecule has 5 aromatic carbocycles. The molecule has 1 aliphatic rings. The molecule has 2 unspecified atom stereocenters. The number of aromatic hydroxyl groups is 2. The van der Waals surface area contributed by atoms with E-state index in [9.17, 15) is 24.2 Å². The van der Waals surface area contributed by atoms with Crippen molar-refractivity contribution >= 4 is 17.5 Å². The molecule has 5 aromatic rings. The van der Waals surface area contributed by atoms with Crippen LogP contribution in [0.5, 0.6) is 11.5 Å². The van der Waals surface area contributed by atoms with Crippen LogP contribution in [0.2, 0.25) is 0 Å². The van der Waals surface area contributed by atoms with Crippen LogP contribution in [0.15, 0.2) is 121 Å². The molecule has 0 aromatic heterocycles. The molecule has 0 aliphatic carbocycles. The third kappa shape index (κ3) is 6.88. The Hall–Kier alpha value is -5.43. The van der Waals surface area contributed by atoms with Crippen molar-refractivity contribution in [3.8, 4) is 33.8 Å². The molecule has 0 radical (unpaired) electrons. The molecule has 0 saturated carbocycles. The Balaban J connectivity index is 0.00000196. The number of phenolic OH excluding ortho intramolecular Hbond substituents is 2. The van der Waals surface area contributed by atoms with Crippen LogP contribution in [0.4, 0.5) is 14.9 Å². The first kappa shape index (κ1) is 31.0. The summed E-state index contributed by atoms with van der Waals surface area (Å²) in [7, 11) is 0. The highest BCUT2D eigenvalue weighted by molar-refractivity contribution is 5.98. The fourth-order valence-electron chi connectivity index (χ4n) is 5.65. The number of ketones is 1. The third-order valence-corrected chi connectivity index (χ3v) is 7.82.